The van der Waals surface area contributed by atoms with Gasteiger partial charge in [-0.1, -0.05) is 61.5 Å². The first-order valence-corrected chi connectivity index (χ1v) is 16.4. The van der Waals surface area contributed by atoms with Crippen LogP contribution in [0.1, 0.15) is 29.8 Å². The van der Waals surface area contributed by atoms with E-state index >= 15 is 0 Å². The predicted octanol–water partition coefficient (Wildman–Crippen LogP) is 5.65. The molecule has 45 heavy (non-hydrogen) atoms. The van der Waals surface area contributed by atoms with Crippen LogP contribution in [-0.4, -0.2) is 68.1 Å². The zero-order valence-corrected chi connectivity index (χ0v) is 26.4. The van der Waals surface area contributed by atoms with E-state index in [4.69, 9.17) is 4.74 Å². The van der Waals surface area contributed by atoms with Crippen LogP contribution in [0.2, 0.25) is 0 Å². The van der Waals surface area contributed by atoms with Gasteiger partial charge in [-0.2, -0.15) is 0 Å². The second-order valence-electron chi connectivity index (χ2n) is 11.7. The lowest BCUT2D eigenvalue weighted by Gasteiger charge is -2.38. The normalized spacial score (nSPS) is 17.6. The van der Waals surface area contributed by atoms with Gasteiger partial charge in [0.2, 0.25) is 0 Å². The highest BCUT2D eigenvalue weighted by Gasteiger charge is 2.33. The number of carbonyl (C=O) groups excluding carboxylic acids is 1. The Kier molecular flexibility index (Phi) is 9.86. The van der Waals surface area contributed by atoms with Crippen molar-refractivity contribution in [3.8, 4) is 16.9 Å². The summed E-state index contributed by atoms with van der Waals surface area (Å²) < 4.78 is 48.2. The summed E-state index contributed by atoms with van der Waals surface area (Å²) in [5.74, 6) is -0.662. The number of amides is 1. The molecule has 1 heterocycles. The Morgan fingerprint density at radius 3 is 2.33 bits per heavy atom. The number of benzene rings is 4. The van der Waals surface area contributed by atoms with Crippen molar-refractivity contribution in [2.24, 2.45) is 5.92 Å². The number of anilines is 1. The van der Waals surface area contributed by atoms with Gasteiger partial charge >= 0.3 is 0 Å². The van der Waals surface area contributed by atoms with E-state index in [0.717, 1.165) is 28.8 Å². The molecule has 0 radical (unpaired) electrons. The number of hydrogen-bond donors (Lipinski definition) is 2. The SMILES string of the molecule is C[C@@H]1CN([C@H](C)CO)C(=O)c2cc(NS(=O)(=O)c3ccc(F)cc3)ccc2O[C@@H]1CN(C)Cc1ccc(-c2ccccc2)cc1. The van der Waals surface area contributed by atoms with E-state index < -0.39 is 21.9 Å². The largest absolute Gasteiger partial charge is 0.488 e. The number of rotatable bonds is 10. The number of halogens is 1. The molecule has 8 nitrogen and oxygen atoms in total. The summed E-state index contributed by atoms with van der Waals surface area (Å²) in [6.45, 7) is 5.16. The number of nitrogens with one attached hydrogen (secondary N) is 1. The first kappa shape index (κ1) is 32.2. The number of aliphatic hydroxyl groups excluding tert-OH is 1. The van der Waals surface area contributed by atoms with Crippen LogP contribution in [0.5, 0.6) is 5.75 Å². The topological polar surface area (TPSA) is 99.2 Å². The number of fused-ring (bicyclic) bond motifs is 1. The lowest BCUT2D eigenvalue weighted by atomic mass is 9.99. The Balaban J connectivity index is 1.36. The molecule has 2 N–H and O–H groups in total. The first-order chi connectivity index (χ1) is 21.5. The molecule has 3 atom stereocenters. The highest BCUT2D eigenvalue weighted by Crippen LogP contribution is 2.32. The van der Waals surface area contributed by atoms with Crippen LogP contribution in [0, 0.1) is 11.7 Å². The minimum Gasteiger partial charge on any atom is -0.488 e. The second kappa shape index (κ2) is 13.8. The Morgan fingerprint density at radius 2 is 1.67 bits per heavy atom. The zero-order chi connectivity index (χ0) is 32.1. The third-order valence-corrected chi connectivity index (χ3v) is 9.44. The third kappa shape index (κ3) is 7.70. The summed E-state index contributed by atoms with van der Waals surface area (Å²) in [5.41, 5.74) is 3.81. The maximum atomic E-state index is 13.8. The molecule has 4 aromatic carbocycles. The van der Waals surface area contributed by atoms with Gasteiger partial charge in [-0.05, 0) is 73.1 Å². The number of likely N-dealkylation sites (N-methyl/N-ethyl adjacent to an activating group) is 1. The van der Waals surface area contributed by atoms with Crippen molar-refractivity contribution in [1.29, 1.82) is 0 Å². The van der Waals surface area contributed by atoms with Gasteiger partial charge in [0, 0.05) is 31.2 Å². The molecule has 0 bridgehead atoms. The van der Waals surface area contributed by atoms with E-state index in [1.807, 2.05) is 32.2 Å². The highest BCUT2D eigenvalue weighted by atomic mass is 32.2. The fraction of sp³-hybridized carbons (Fsp3) is 0.286. The van der Waals surface area contributed by atoms with Gasteiger partial charge in [-0.3, -0.25) is 14.4 Å². The standard InChI is InChI=1S/C35H38FN3O5S/c1-24-20-39(25(2)23-40)35(41)32-19-30(37-45(42,43)31-16-13-29(36)14-17-31)15-18-33(32)44-34(24)22-38(3)21-26-9-11-28(12-10-26)27-7-5-4-6-8-27/h4-19,24-25,34,37,40H,20-23H2,1-3H3/t24-,25-,34-/m1/s1. The molecule has 0 unspecified atom stereocenters. The van der Waals surface area contributed by atoms with Gasteiger partial charge < -0.3 is 14.7 Å². The Bertz CT molecular complexity index is 1720. The summed E-state index contributed by atoms with van der Waals surface area (Å²) in [5, 5.41) is 9.97. The minimum absolute atomic E-state index is 0.0735. The highest BCUT2D eigenvalue weighted by molar-refractivity contribution is 7.92. The van der Waals surface area contributed by atoms with Crippen molar-refractivity contribution in [2.75, 3.05) is 31.5 Å². The number of nitrogens with zero attached hydrogens (tertiary/aromatic N) is 2. The minimum atomic E-state index is -4.04. The van der Waals surface area contributed by atoms with Gasteiger partial charge in [0.1, 0.15) is 17.7 Å². The van der Waals surface area contributed by atoms with Crippen LogP contribution in [0.3, 0.4) is 0 Å². The number of sulfonamides is 1. The van der Waals surface area contributed by atoms with Crippen LogP contribution in [0.4, 0.5) is 10.1 Å². The van der Waals surface area contributed by atoms with Crippen molar-refractivity contribution < 1.29 is 27.4 Å². The fourth-order valence-electron chi connectivity index (χ4n) is 5.45. The van der Waals surface area contributed by atoms with Crippen LogP contribution in [0.15, 0.2) is 102 Å². The summed E-state index contributed by atoms with van der Waals surface area (Å²) in [7, 11) is -2.02. The maximum absolute atomic E-state index is 13.8. The lowest BCUT2D eigenvalue weighted by Crippen LogP contribution is -2.49. The van der Waals surface area contributed by atoms with Crippen molar-refractivity contribution in [3.05, 3.63) is 114 Å². The van der Waals surface area contributed by atoms with Crippen LogP contribution in [-0.2, 0) is 16.6 Å². The van der Waals surface area contributed by atoms with Gasteiger partial charge in [-0.25, -0.2) is 12.8 Å². The van der Waals surface area contributed by atoms with E-state index in [1.54, 1.807) is 17.9 Å². The van der Waals surface area contributed by atoms with E-state index in [-0.39, 0.29) is 40.7 Å². The van der Waals surface area contributed by atoms with E-state index in [1.165, 1.54) is 24.3 Å². The predicted molar refractivity (Wildman–Crippen MR) is 173 cm³/mol. The number of hydrogen-bond acceptors (Lipinski definition) is 6. The third-order valence-electron chi connectivity index (χ3n) is 8.05. The molecule has 236 valence electrons. The van der Waals surface area contributed by atoms with Gasteiger partial charge in [0.25, 0.3) is 15.9 Å². The molecule has 5 rings (SSSR count). The molecule has 0 spiro atoms. The van der Waals surface area contributed by atoms with Crippen molar-refractivity contribution in [1.82, 2.24) is 9.80 Å². The fourth-order valence-corrected chi connectivity index (χ4v) is 6.50. The molecule has 4 aromatic rings. The summed E-state index contributed by atoms with van der Waals surface area (Å²) in [6.07, 6.45) is -0.305. The lowest BCUT2D eigenvalue weighted by molar-refractivity contribution is 0.0341. The molecular weight excluding hydrogens is 593 g/mol. The molecule has 0 aromatic heterocycles. The summed E-state index contributed by atoms with van der Waals surface area (Å²) in [4.78, 5) is 17.4. The first-order valence-electron chi connectivity index (χ1n) is 14.9. The molecule has 10 heteroatoms. The summed E-state index contributed by atoms with van der Waals surface area (Å²) >= 11 is 0. The molecule has 0 saturated carbocycles. The van der Waals surface area contributed by atoms with Crippen LogP contribution in [0.25, 0.3) is 11.1 Å². The molecule has 0 saturated heterocycles. The Hall–Kier alpha value is -4.25. The molecule has 0 fully saturated rings. The van der Waals surface area contributed by atoms with Gasteiger partial charge in [0.15, 0.2) is 0 Å². The van der Waals surface area contributed by atoms with Crippen molar-refractivity contribution in [3.63, 3.8) is 0 Å². The van der Waals surface area contributed by atoms with Gasteiger partial charge in [0.05, 0.1) is 23.1 Å². The van der Waals surface area contributed by atoms with E-state index in [2.05, 4.69) is 46.0 Å². The second-order valence-corrected chi connectivity index (χ2v) is 13.3. The molecule has 1 amide bonds. The molecule has 0 aliphatic carbocycles. The van der Waals surface area contributed by atoms with E-state index in [9.17, 15) is 22.7 Å². The molecule has 1 aliphatic rings. The van der Waals surface area contributed by atoms with Crippen molar-refractivity contribution in [2.45, 2.75) is 37.4 Å². The van der Waals surface area contributed by atoms with Crippen LogP contribution < -0.4 is 9.46 Å². The number of ether oxygens (including phenoxy) is 1. The Morgan fingerprint density at radius 1 is 1.00 bits per heavy atom. The van der Waals surface area contributed by atoms with E-state index in [0.29, 0.717) is 25.4 Å². The molecule has 1 aliphatic heterocycles. The maximum Gasteiger partial charge on any atom is 0.261 e. The average molecular weight is 632 g/mol. The molecular formula is C35H38FN3O5S. The van der Waals surface area contributed by atoms with Crippen LogP contribution >= 0.6 is 0 Å². The smallest absolute Gasteiger partial charge is 0.261 e. The van der Waals surface area contributed by atoms with Gasteiger partial charge in [-0.15, -0.1) is 0 Å². The number of aliphatic hydroxyl groups is 1. The monoisotopic (exact) mass is 631 g/mol. The Labute approximate surface area is 264 Å². The quantitative estimate of drug-likeness (QED) is 0.235. The number of carbonyl (C=O) groups is 1. The summed E-state index contributed by atoms with van der Waals surface area (Å²) in [6, 6.07) is 27.3. The van der Waals surface area contributed by atoms with Crippen molar-refractivity contribution >= 4 is 21.6 Å². The zero-order valence-electron chi connectivity index (χ0n) is 25.6. The average Bonchev–Trinajstić information content (AvgIpc) is 3.03.